The summed E-state index contributed by atoms with van der Waals surface area (Å²) in [5.41, 5.74) is 1.36. The van der Waals surface area contributed by atoms with E-state index >= 15 is 0 Å². The molecule has 1 nitrogen and oxygen atoms in total. The first kappa shape index (κ1) is 14.0. The van der Waals surface area contributed by atoms with E-state index in [4.69, 9.17) is 4.74 Å². The summed E-state index contributed by atoms with van der Waals surface area (Å²) in [6.45, 7) is 6.60. The van der Waals surface area contributed by atoms with E-state index < -0.39 is 0 Å². The fraction of sp³-hybridized carbons (Fsp3) is 0.235. The standard InChI is InChI=1S/C17H18OSe/c1-17(2,3)16(19)13-9-11-15(12-10-13)18-14-7-5-4-6-8-14/h4-12H,1-3H3. The van der Waals surface area contributed by atoms with Gasteiger partial charge in [0.05, 0.1) is 0 Å². The zero-order chi connectivity index (χ0) is 13.9. The summed E-state index contributed by atoms with van der Waals surface area (Å²) in [5, 5.41) is 0. The minimum absolute atomic E-state index is 0.141. The summed E-state index contributed by atoms with van der Waals surface area (Å²) in [5.74, 6) is 1.72. The zero-order valence-electron chi connectivity index (χ0n) is 11.5. The van der Waals surface area contributed by atoms with Gasteiger partial charge in [-0.1, -0.05) is 0 Å². The van der Waals surface area contributed by atoms with Crippen molar-refractivity contribution in [1.82, 2.24) is 0 Å². The van der Waals surface area contributed by atoms with Crippen LogP contribution in [0.5, 0.6) is 11.5 Å². The van der Waals surface area contributed by atoms with Crippen molar-refractivity contribution < 1.29 is 4.74 Å². The van der Waals surface area contributed by atoms with E-state index in [2.05, 4.69) is 48.5 Å². The first-order valence-corrected chi connectivity index (χ1v) is 7.20. The van der Waals surface area contributed by atoms with Crippen molar-refractivity contribution in [2.75, 3.05) is 0 Å². The maximum atomic E-state index is 5.78. The van der Waals surface area contributed by atoms with Crippen molar-refractivity contribution >= 4 is 20.0 Å². The number of rotatable bonds is 3. The molecule has 0 aliphatic carbocycles. The molecule has 0 heterocycles. The van der Waals surface area contributed by atoms with Crippen molar-refractivity contribution in [2.24, 2.45) is 5.41 Å². The summed E-state index contributed by atoms with van der Waals surface area (Å²) in [6.07, 6.45) is 0. The predicted molar refractivity (Wildman–Crippen MR) is 82.3 cm³/mol. The summed E-state index contributed by atoms with van der Waals surface area (Å²) in [7, 11) is 0. The quantitative estimate of drug-likeness (QED) is 0.771. The average Bonchev–Trinajstić information content (AvgIpc) is 2.39. The fourth-order valence-electron chi connectivity index (χ4n) is 1.73. The summed E-state index contributed by atoms with van der Waals surface area (Å²) in [6, 6.07) is 18.0. The van der Waals surface area contributed by atoms with Crippen LogP contribution in [0, 0.1) is 5.41 Å². The van der Waals surface area contributed by atoms with Crippen LogP contribution in [0.25, 0.3) is 0 Å². The van der Waals surface area contributed by atoms with Gasteiger partial charge >= 0.3 is 123 Å². The van der Waals surface area contributed by atoms with Crippen LogP contribution in [0.15, 0.2) is 54.6 Å². The van der Waals surface area contributed by atoms with Gasteiger partial charge in [-0.3, -0.25) is 0 Å². The topological polar surface area (TPSA) is 9.23 Å². The zero-order valence-corrected chi connectivity index (χ0v) is 13.2. The molecular weight excluding hydrogens is 299 g/mol. The Morgan fingerprint density at radius 1 is 0.842 bits per heavy atom. The van der Waals surface area contributed by atoms with Crippen molar-refractivity contribution in [3.8, 4) is 11.5 Å². The van der Waals surface area contributed by atoms with E-state index in [9.17, 15) is 0 Å². The molecule has 0 atom stereocenters. The van der Waals surface area contributed by atoms with Crippen LogP contribution in [0.4, 0.5) is 0 Å². The van der Waals surface area contributed by atoms with Crippen LogP contribution in [0.3, 0.4) is 0 Å². The molecule has 0 saturated carbocycles. The van der Waals surface area contributed by atoms with E-state index in [-0.39, 0.29) is 5.41 Å². The molecule has 0 amide bonds. The van der Waals surface area contributed by atoms with Gasteiger partial charge in [0.15, 0.2) is 0 Å². The number of benzene rings is 2. The molecule has 98 valence electrons. The monoisotopic (exact) mass is 318 g/mol. The Morgan fingerprint density at radius 2 is 1.37 bits per heavy atom. The van der Waals surface area contributed by atoms with Gasteiger partial charge < -0.3 is 0 Å². The van der Waals surface area contributed by atoms with Crippen LogP contribution in [-0.2, 0) is 0 Å². The molecule has 0 radical (unpaired) electrons. The van der Waals surface area contributed by atoms with Crippen LogP contribution in [0.1, 0.15) is 26.3 Å². The van der Waals surface area contributed by atoms with Crippen molar-refractivity contribution in [2.45, 2.75) is 20.8 Å². The van der Waals surface area contributed by atoms with Gasteiger partial charge in [-0.05, 0) is 0 Å². The third kappa shape index (κ3) is 3.79. The van der Waals surface area contributed by atoms with Crippen LogP contribution in [0.2, 0.25) is 0 Å². The number of hydrogen-bond acceptors (Lipinski definition) is 1. The summed E-state index contributed by atoms with van der Waals surface area (Å²) >= 11 is 3.18. The number of ether oxygens (including phenoxy) is 1. The molecule has 2 heteroatoms. The van der Waals surface area contributed by atoms with Gasteiger partial charge in [-0.2, -0.15) is 0 Å². The van der Waals surface area contributed by atoms with Crippen molar-refractivity contribution in [3.05, 3.63) is 60.2 Å². The van der Waals surface area contributed by atoms with Gasteiger partial charge in [0, 0.05) is 0 Å². The van der Waals surface area contributed by atoms with Gasteiger partial charge in [0.1, 0.15) is 0 Å². The first-order valence-electron chi connectivity index (χ1n) is 6.34. The maximum absolute atomic E-state index is 5.78. The Morgan fingerprint density at radius 3 is 1.89 bits per heavy atom. The van der Waals surface area contributed by atoms with Crippen LogP contribution in [-0.4, -0.2) is 20.0 Å². The van der Waals surface area contributed by atoms with E-state index in [1.807, 2.05) is 42.5 Å². The predicted octanol–water partition coefficient (Wildman–Crippen LogP) is 4.21. The molecule has 2 aromatic rings. The Balaban J connectivity index is 2.13. The van der Waals surface area contributed by atoms with Crippen LogP contribution < -0.4 is 4.74 Å². The minimum atomic E-state index is 0.141. The molecule has 0 N–H and O–H groups in total. The van der Waals surface area contributed by atoms with Crippen LogP contribution >= 0.6 is 0 Å². The van der Waals surface area contributed by atoms with E-state index in [0.29, 0.717) is 0 Å². The van der Waals surface area contributed by atoms with E-state index in [1.165, 1.54) is 9.98 Å². The SMILES string of the molecule is CC(C)(C)C(=[Se])c1ccc(Oc2ccccc2)cc1. The van der Waals surface area contributed by atoms with E-state index in [1.54, 1.807) is 0 Å². The second-order valence-corrected chi connectivity index (χ2v) is 6.38. The summed E-state index contributed by atoms with van der Waals surface area (Å²) < 4.78 is 7.04. The Bertz CT molecular complexity index is 550. The number of para-hydroxylation sites is 1. The normalized spacial score (nSPS) is 11.1. The van der Waals surface area contributed by atoms with Gasteiger partial charge in [-0.25, -0.2) is 0 Å². The van der Waals surface area contributed by atoms with Gasteiger partial charge in [0.2, 0.25) is 0 Å². The first-order chi connectivity index (χ1) is 8.97. The second-order valence-electron chi connectivity index (χ2n) is 5.52. The molecule has 0 fully saturated rings. The number of hydrogen-bond donors (Lipinski definition) is 0. The second kappa shape index (κ2) is 5.73. The fourth-order valence-corrected chi connectivity index (χ4v) is 2.02. The molecule has 2 rings (SSSR count). The van der Waals surface area contributed by atoms with Gasteiger partial charge in [0.25, 0.3) is 0 Å². The third-order valence-electron chi connectivity index (χ3n) is 2.78. The molecule has 0 saturated heterocycles. The Kier molecular flexibility index (Phi) is 4.24. The molecule has 2 aromatic carbocycles. The molecule has 0 aliphatic rings. The Labute approximate surface area is 123 Å². The van der Waals surface area contributed by atoms with Gasteiger partial charge in [-0.15, -0.1) is 0 Å². The molecule has 19 heavy (non-hydrogen) atoms. The van der Waals surface area contributed by atoms with Crippen molar-refractivity contribution in [1.29, 1.82) is 0 Å². The third-order valence-corrected chi connectivity index (χ3v) is 4.56. The molecule has 0 aliphatic heterocycles. The molecule has 0 aromatic heterocycles. The van der Waals surface area contributed by atoms with E-state index in [0.717, 1.165) is 11.5 Å². The molecular formula is C17H18OSe. The average molecular weight is 317 g/mol. The Hall–Kier alpha value is -1.37. The molecule has 0 spiro atoms. The molecule has 0 unspecified atom stereocenters. The molecule has 0 bridgehead atoms. The summed E-state index contributed by atoms with van der Waals surface area (Å²) in [4.78, 5) is 0. The van der Waals surface area contributed by atoms with Crippen molar-refractivity contribution in [3.63, 3.8) is 0 Å².